The first-order valence-electron chi connectivity index (χ1n) is 7.14. The van der Waals surface area contributed by atoms with E-state index in [2.05, 4.69) is 6.92 Å². The standard InChI is InChI=1S/C16H25NO4/c1-13(17(10-11-20-2)12-16(18)19)4-5-14-6-8-15(21-3)9-7-14/h6-9,13H,4-5,10-12H2,1-3H3,(H,18,19). The van der Waals surface area contributed by atoms with E-state index in [0.717, 1.165) is 18.6 Å². The van der Waals surface area contributed by atoms with Crippen LogP contribution in [0.3, 0.4) is 0 Å². The molecule has 1 rings (SSSR count). The molecule has 1 atom stereocenters. The molecule has 0 aliphatic carbocycles. The molecule has 0 fully saturated rings. The van der Waals surface area contributed by atoms with E-state index >= 15 is 0 Å². The van der Waals surface area contributed by atoms with Gasteiger partial charge in [0.2, 0.25) is 0 Å². The molecule has 0 aliphatic heterocycles. The summed E-state index contributed by atoms with van der Waals surface area (Å²) >= 11 is 0. The molecule has 0 amide bonds. The number of carboxylic acids is 1. The lowest BCUT2D eigenvalue weighted by Crippen LogP contribution is -2.39. The second kappa shape index (κ2) is 9.37. The van der Waals surface area contributed by atoms with Gasteiger partial charge in [-0.15, -0.1) is 0 Å². The molecular formula is C16H25NO4. The van der Waals surface area contributed by atoms with Gasteiger partial charge in [-0.3, -0.25) is 9.69 Å². The number of rotatable bonds is 10. The third-order valence-electron chi connectivity index (χ3n) is 3.55. The molecular weight excluding hydrogens is 270 g/mol. The lowest BCUT2D eigenvalue weighted by Gasteiger charge is -2.27. The summed E-state index contributed by atoms with van der Waals surface area (Å²) in [6.45, 7) is 3.28. The highest BCUT2D eigenvalue weighted by molar-refractivity contribution is 5.69. The summed E-state index contributed by atoms with van der Waals surface area (Å²) in [4.78, 5) is 12.9. The third kappa shape index (κ3) is 6.60. The van der Waals surface area contributed by atoms with Gasteiger partial charge in [0, 0.05) is 19.7 Å². The number of hydrogen-bond donors (Lipinski definition) is 1. The van der Waals surface area contributed by atoms with Gasteiger partial charge in [0.25, 0.3) is 0 Å². The molecule has 1 aromatic rings. The molecule has 0 heterocycles. The van der Waals surface area contributed by atoms with Gasteiger partial charge in [-0.2, -0.15) is 0 Å². The van der Waals surface area contributed by atoms with Gasteiger partial charge in [-0.1, -0.05) is 12.1 Å². The van der Waals surface area contributed by atoms with Crippen molar-refractivity contribution < 1.29 is 19.4 Å². The maximum absolute atomic E-state index is 10.9. The first-order chi connectivity index (χ1) is 10.1. The Morgan fingerprint density at radius 3 is 2.48 bits per heavy atom. The molecule has 21 heavy (non-hydrogen) atoms. The quantitative estimate of drug-likeness (QED) is 0.716. The van der Waals surface area contributed by atoms with E-state index in [1.165, 1.54) is 5.56 Å². The second-order valence-electron chi connectivity index (χ2n) is 5.09. The first kappa shape index (κ1) is 17.5. The summed E-state index contributed by atoms with van der Waals surface area (Å²) < 4.78 is 10.2. The normalized spacial score (nSPS) is 12.4. The molecule has 1 aromatic carbocycles. The molecule has 0 spiro atoms. The maximum Gasteiger partial charge on any atom is 0.317 e. The van der Waals surface area contributed by atoms with Crippen LogP contribution in [0, 0.1) is 0 Å². The predicted octanol–water partition coefficient (Wildman–Crippen LogP) is 2.05. The molecule has 5 nitrogen and oxygen atoms in total. The van der Waals surface area contributed by atoms with Crippen LogP contribution in [0.25, 0.3) is 0 Å². The number of aryl methyl sites for hydroxylation is 1. The van der Waals surface area contributed by atoms with E-state index in [1.54, 1.807) is 14.2 Å². The van der Waals surface area contributed by atoms with Gasteiger partial charge in [0.15, 0.2) is 0 Å². The number of hydrogen-bond acceptors (Lipinski definition) is 4. The van der Waals surface area contributed by atoms with Crippen LogP contribution in [0.5, 0.6) is 5.75 Å². The Morgan fingerprint density at radius 2 is 1.95 bits per heavy atom. The van der Waals surface area contributed by atoms with Crippen molar-refractivity contribution in [2.24, 2.45) is 0 Å². The summed E-state index contributed by atoms with van der Waals surface area (Å²) in [6, 6.07) is 8.17. The fourth-order valence-corrected chi connectivity index (χ4v) is 2.19. The molecule has 118 valence electrons. The maximum atomic E-state index is 10.9. The fourth-order valence-electron chi connectivity index (χ4n) is 2.19. The van der Waals surface area contributed by atoms with Crippen molar-refractivity contribution in [3.05, 3.63) is 29.8 Å². The van der Waals surface area contributed by atoms with Gasteiger partial charge in [0.05, 0.1) is 20.3 Å². The minimum atomic E-state index is -0.803. The molecule has 0 aliphatic rings. The van der Waals surface area contributed by atoms with E-state index in [4.69, 9.17) is 14.6 Å². The fraction of sp³-hybridized carbons (Fsp3) is 0.562. The number of methoxy groups -OCH3 is 2. The van der Waals surface area contributed by atoms with E-state index < -0.39 is 5.97 Å². The highest BCUT2D eigenvalue weighted by atomic mass is 16.5. The molecule has 1 N–H and O–H groups in total. The minimum Gasteiger partial charge on any atom is -0.497 e. The summed E-state index contributed by atoms with van der Waals surface area (Å²) in [7, 11) is 3.28. The minimum absolute atomic E-state index is 0.0487. The van der Waals surface area contributed by atoms with Gasteiger partial charge >= 0.3 is 5.97 Å². The van der Waals surface area contributed by atoms with Crippen molar-refractivity contribution in [3.63, 3.8) is 0 Å². The smallest absolute Gasteiger partial charge is 0.317 e. The first-order valence-corrected chi connectivity index (χ1v) is 7.14. The average Bonchev–Trinajstić information content (AvgIpc) is 2.49. The van der Waals surface area contributed by atoms with Crippen molar-refractivity contribution in [1.82, 2.24) is 4.90 Å². The van der Waals surface area contributed by atoms with Crippen LogP contribution in [-0.2, 0) is 16.0 Å². The molecule has 0 saturated heterocycles. The highest BCUT2D eigenvalue weighted by Gasteiger charge is 2.16. The molecule has 5 heteroatoms. The molecule has 0 saturated carbocycles. The Kier molecular flexibility index (Phi) is 7.79. The second-order valence-corrected chi connectivity index (χ2v) is 5.09. The molecule has 1 unspecified atom stereocenters. The van der Waals surface area contributed by atoms with Gasteiger partial charge < -0.3 is 14.6 Å². The van der Waals surface area contributed by atoms with E-state index in [9.17, 15) is 4.79 Å². The van der Waals surface area contributed by atoms with Gasteiger partial charge in [-0.25, -0.2) is 0 Å². The largest absolute Gasteiger partial charge is 0.497 e. The monoisotopic (exact) mass is 295 g/mol. The van der Waals surface area contributed by atoms with Crippen LogP contribution < -0.4 is 4.74 Å². The van der Waals surface area contributed by atoms with Crippen LogP contribution in [-0.4, -0.2) is 55.9 Å². The lowest BCUT2D eigenvalue weighted by molar-refractivity contribution is -0.139. The summed E-state index contributed by atoms with van der Waals surface area (Å²) in [5.74, 6) is 0.0433. The van der Waals surface area contributed by atoms with Crippen molar-refractivity contribution in [2.45, 2.75) is 25.8 Å². The van der Waals surface area contributed by atoms with Crippen molar-refractivity contribution in [1.29, 1.82) is 0 Å². The lowest BCUT2D eigenvalue weighted by atomic mass is 10.0. The van der Waals surface area contributed by atoms with Crippen molar-refractivity contribution in [2.75, 3.05) is 33.9 Å². The Bertz CT molecular complexity index is 419. The average molecular weight is 295 g/mol. The SMILES string of the molecule is COCCN(CC(=O)O)C(C)CCc1ccc(OC)cc1. The van der Waals surface area contributed by atoms with Crippen LogP contribution in [0.15, 0.2) is 24.3 Å². The van der Waals surface area contributed by atoms with Crippen LogP contribution in [0.2, 0.25) is 0 Å². The van der Waals surface area contributed by atoms with Crippen LogP contribution >= 0.6 is 0 Å². The zero-order chi connectivity index (χ0) is 15.7. The summed E-state index contributed by atoms with van der Waals surface area (Å²) in [5, 5.41) is 8.98. The molecule has 0 aromatic heterocycles. The summed E-state index contributed by atoms with van der Waals surface area (Å²) in [5.41, 5.74) is 1.23. The predicted molar refractivity (Wildman–Crippen MR) is 81.9 cm³/mol. The Labute approximate surface area is 126 Å². The number of carbonyl (C=O) groups is 1. The highest BCUT2D eigenvalue weighted by Crippen LogP contribution is 2.14. The third-order valence-corrected chi connectivity index (χ3v) is 3.55. The Balaban J connectivity index is 2.50. The number of benzene rings is 1. The summed E-state index contributed by atoms with van der Waals surface area (Å²) in [6.07, 6.45) is 1.82. The van der Waals surface area contributed by atoms with Gasteiger partial charge in [0.1, 0.15) is 5.75 Å². The van der Waals surface area contributed by atoms with Crippen LogP contribution in [0.4, 0.5) is 0 Å². The topological polar surface area (TPSA) is 59.0 Å². The van der Waals surface area contributed by atoms with Crippen molar-refractivity contribution >= 4 is 5.97 Å². The zero-order valence-electron chi connectivity index (χ0n) is 13.0. The number of ether oxygens (including phenoxy) is 2. The van der Waals surface area contributed by atoms with E-state index in [-0.39, 0.29) is 12.6 Å². The van der Waals surface area contributed by atoms with E-state index in [1.807, 2.05) is 29.2 Å². The number of carboxylic acid groups (broad SMARTS) is 1. The number of nitrogens with zero attached hydrogens (tertiary/aromatic N) is 1. The Morgan fingerprint density at radius 1 is 1.29 bits per heavy atom. The van der Waals surface area contributed by atoms with Crippen LogP contribution in [0.1, 0.15) is 18.9 Å². The van der Waals surface area contributed by atoms with Crippen molar-refractivity contribution in [3.8, 4) is 5.75 Å². The Hall–Kier alpha value is -1.59. The molecule has 0 bridgehead atoms. The van der Waals surface area contributed by atoms with Gasteiger partial charge in [-0.05, 0) is 37.5 Å². The molecule has 0 radical (unpaired) electrons. The van der Waals surface area contributed by atoms with E-state index in [0.29, 0.717) is 13.2 Å². The zero-order valence-corrected chi connectivity index (χ0v) is 13.0. The number of aliphatic carboxylic acids is 1.